The van der Waals surface area contributed by atoms with Crippen molar-refractivity contribution in [3.63, 3.8) is 0 Å². The van der Waals surface area contributed by atoms with E-state index in [1.807, 2.05) is 0 Å². The highest BCUT2D eigenvalue weighted by Crippen LogP contribution is 2.41. The van der Waals surface area contributed by atoms with Gasteiger partial charge in [-0.2, -0.15) is 0 Å². The van der Waals surface area contributed by atoms with Crippen LogP contribution in [0.2, 0.25) is 0 Å². The van der Waals surface area contributed by atoms with Crippen LogP contribution in [0.5, 0.6) is 0 Å². The van der Waals surface area contributed by atoms with Gasteiger partial charge >= 0.3 is 0 Å². The SMILES string of the molecule is Cc1cc2ccc1-n1ccc3ccc4ccn(c4c31)-c1ccc(cc1C)-n1c3ccc4cc3c3cc(ccc31)n1ccc3ccc5ccn(c6ccc7c(c6)c6cc(ccc6n7-2)n2ccc6ccc7ccn4c7c62)c5c31. The molecule has 76 heavy (non-hydrogen) atoms. The Morgan fingerprint density at radius 1 is 0.250 bits per heavy atom. The van der Waals surface area contributed by atoms with E-state index in [0.717, 1.165) is 66.9 Å². The van der Waals surface area contributed by atoms with Crippen LogP contribution in [-0.4, -0.2) is 35.9 Å². The highest BCUT2D eigenvalue weighted by atomic mass is 15.0. The molecule has 9 aromatic carbocycles. The van der Waals surface area contributed by atoms with Gasteiger partial charge in [0.2, 0.25) is 0 Å². The molecule has 0 saturated heterocycles. The van der Waals surface area contributed by atoms with Gasteiger partial charge in [-0.15, -0.1) is 0 Å². The van der Waals surface area contributed by atoms with Crippen LogP contribution < -0.4 is 0 Å². The molecular formula is C68H42N8. The third kappa shape index (κ3) is 4.81. The minimum absolute atomic E-state index is 1.11. The highest BCUT2D eigenvalue weighted by Gasteiger charge is 2.21. The molecule has 0 aliphatic carbocycles. The van der Waals surface area contributed by atoms with Crippen molar-refractivity contribution in [1.29, 1.82) is 0 Å². The fourth-order valence-corrected chi connectivity index (χ4v) is 14.0. The normalized spacial score (nSPS) is 12.9. The van der Waals surface area contributed by atoms with Crippen molar-refractivity contribution in [3.8, 4) is 22.7 Å². The Kier molecular flexibility index (Phi) is 6.99. The van der Waals surface area contributed by atoms with Crippen molar-refractivity contribution in [3.05, 3.63) is 230 Å². The van der Waals surface area contributed by atoms with Gasteiger partial charge in [0.1, 0.15) is 0 Å². The van der Waals surface area contributed by atoms with E-state index in [9.17, 15) is 0 Å². The van der Waals surface area contributed by atoms with Crippen LogP contribution in [0.4, 0.5) is 0 Å². The molecule has 8 heteroatoms. The molecule has 18 aromatic rings. The van der Waals surface area contributed by atoms with Crippen LogP contribution >= 0.6 is 0 Å². The summed E-state index contributed by atoms with van der Waals surface area (Å²) in [5.41, 5.74) is 23.1. The molecule has 0 atom stereocenters. The lowest BCUT2D eigenvalue weighted by Crippen LogP contribution is -2.02. The first-order valence-electron chi connectivity index (χ1n) is 26.2. The minimum Gasteiger partial charge on any atom is -0.315 e. The largest absolute Gasteiger partial charge is 0.315 e. The van der Waals surface area contributed by atoms with Gasteiger partial charge < -0.3 is 35.9 Å². The highest BCUT2D eigenvalue weighted by molar-refractivity contribution is 6.15. The second-order valence-corrected chi connectivity index (χ2v) is 21.4. The maximum Gasteiger partial charge on any atom is 0.0777 e. The van der Waals surface area contributed by atoms with Crippen LogP contribution in [0.25, 0.3) is 154 Å². The first-order chi connectivity index (χ1) is 37.5. The van der Waals surface area contributed by atoms with Crippen LogP contribution in [0.1, 0.15) is 11.1 Å². The van der Waals surface area contributed by atoms with Crippen molar-refractivity contribution >= 4 is 131 Å². The first kappa shape index (κ1) is 39.4. The fourth-order valence-electron chi connectivity index (χ4n) is 14.0. The van der Waals surface area contributed by atoms with Gasteiger partial charge in [-0.3, -0.25) is 0 Å². The van der Waals surface area contributed by atoms with Gasteiger partial charge in [0.25, 0.3) is 0 Å². The maximum absolute atomic E-state index is 2.47. The van der Waals surface area contributed by atoms with Crippen molar-refractivity contribution < 1.29 is 0 Å². The monoisotopic (exact) mass is 970 g/mol. The molecule has 0 unspecified atom stereocenters. The van der Waals surface area contributed by atoms with Crippen LogP contribution in [0.15, 0.2) is 219 Å². The van der Waals surface area contributed by atoms with Gasteiger partial charge in [-0.1, -0.05) is 36.4 Å². The first-order valence-corrected chi connectivity index (χ1v) is 26.2. The molecule has 14 aliphatic rings. The molecule has 8 nitrogen and oxygen atoms in total. The second kappa shape index (κ2) is 13.5. The average Bonchev–Trinajstić information content (AvgIpc) is 4.49. The zero-order valence-corrected chi connectivity index (χ0v) is 41.4. The molecule has 0 spiro atoms. The molecule has 0 saturated carbocycles. The summed E-state index contributed by atoms with van der Waals surface area (Å²) in [6.07, 6.45) is 13.5. The van der Waals surface area contributed by atoms with E-state index < -0.39 is 0 Å². The second-order valence-electron chi connectivity index (χ2n) is 21.4. The number of aromatic nitrogens is 8. The number of hydrogen-bond acceptors (Lipinski definition) is 0. The summed E-state index contributed by atoms with van der Waals surface area (Å²) in [7, 11) is 0. The quantitative estimate of drug-likeness (QED) is 0.145. The Hall–Kier alpha value is -10.2. The third-order valence-electron chi connectivity index (χ3n) is 17.5. The molecule has 9 aromatic heterocycles. The van der Waals surface area contributed by atoms with Gasteiger partial charge in [0.05, 0.1) is 55.2 Å². The molecular weight excluding hydrogens is 929 g/mol. The zero-order valence-electron chi connectivity index (χ0n) is 41.4. The van der Waals surface area contributed by atoms with Crippen LogP contribution in [0, 0.1) is 13.8 Å². The number of nitrogens with zero attached hydrogens (tertiary/aromatic N) is 8. The number of hydrogen-bond donors (Lipinski definition) is 0. The van der Waals surface area contributed by atoms with E-state index in [1.54, 1.807) is 0 Å². The number of benzene rings is 9. The van der Waals surface area contributed by atoms with E-state index in [0.29, 0.717) is 0 Å². The van der Waals surface area contributed by atoms with Gasteiger partial charge in [0, 0.05) is 136 Å². The Labute approximate surface area is 431 Å². The molecule has 0 radical (unpaired) electrons. The van der Waals surface area contributed by atoms with E-state index in [-0.39, 0.29) is 0 Å². The molecule has 0 N–H and O–H groups in total. The lowest BCUT2D eigenvalue weighted by molar-refractivity contribution is 1.07. The van der Waals surface area contributed by atoms with Crippen LogP contribution in [-0.2, 0) is 0 Å². The summed E-state index contributed by atoms with van der Waals surface area (Å²) in [6.45, 7) is 4.52. The Bertz CT molecular complexity index is 5150. The van der Waals surface area contributed by atoms with E-state index in [2.05, 4.69) is 269 Å². The lowest BCUT2D eigenvalue weighted by atomic mass is 10.1. The molecule has 0 fully saturated rings. The Balaban J connectivity index is 1.07. The predicted molar refractivity (Wildman–Crippen MR) is 314 cm³/mol. The number of aryl methyl sites for hydroxylation is 2. The standard InChI is InChI=1S/C68H42N8/c1-39-33-51-13-15-57(39)73-31-25-45-7-8-46-26-32-74(68(46)67(45)73)58-16-14-52(34-40(58)2)76-61-19-11-49-37-55(61)56-38-50(12-20-62(56)76)72-30-24-44-6-4-42-22-28-70(64(42)66(44)72)48-10-18-60-54(36-48)53-35-47(9-17-59(53)75(51)60)69-27-21-41-3-5-43-23-29-71(49)65(43)63(41)69/h3-38H,1-2H3. The average molecular weight is 971 g/mol. The van der Waals surface area contributed by atoms with E-state index >= 15 is 0 Å². The van der Waals surface area contributed by atoms with Crippen LogP contribution in [0.3, 0.4) is 0 Å². The topological polar surface area (TPSA) is 37.4 Å². The summed E-state index contributed by atoms with van der Waals surface area (Å²) < 4.78 is 19.4. The van der Waals surface area contributed by atoms with Gasteiger partial charge in [-0.25, -0.2) is 0 Å². The predicted octanol–water partition coefficient (Wildman–Crippen LogP) is 16.9. The Morgan fingerprint density at radius 3 is 0.842 bits per heavy atom. The zero-order chi connectivity index (χ0) is 49.4. The van der Waals surface area contributed by atoms with E-state index in [1.165, 1.54) is 98.1 Å². The van der Waals surface area contributed by atoms with E-state index in [4.69, 9.17) is 0 Å². The molecule has 23 heterocycles. The van der Waals surface area contributed by atoms with Crippen molar-refractivity contribution in [1.82, 2.24) is 35.9 Å². The summed E-state index contributed by atoms with van der Waals surface area (Å²) in [4.78, 5) is 0. The molecule has 354 valence electrons. The smallest absolute Gasteiger partial charge is 0.0777 e. The lowest BCUT2D eigenvalue weighted by Gasteiger charge is -2.16. The third-order valence-corrected chi connectivity index (χ3v) is 17.5. The van der Waals surface area contributed by atoms with Gasteiger partial charge in [-0.05, 0) is 171 Å². The molecule has 32 rings (SSSR count). The minimum atomic E-state index is 1.11. The summed E-state index contributed by atoms with van der Waals surface area (Å²) >= 11 is 0. The van der Waals surface area contributed by atoms with Crippen molar-refractivity contribution in [2.45, 2.75) is 13.8 Å². The summed E-state index contributed by atoms with van der Waals surface area (Å²) in [6, 6.07) is 69.5. The maximum atomic E-state index is 2.47. The van der Waals surface area contributed by atoms with Crippen molar-refractivity contribution in [2.24, 2.45) is 0 Å². The molecule has 0 amide bonds. The van der Waals surface area contributed by atoms with Crippen molar-refractivity contribution in [2.75, 3.05) is 0 Å². The number of rotatable bonds is 0. The summed E-state index contributed by atoms with van der Waals surface area (Å²) in [5.74, 6) is 0. The molecule has 14 aliphatic heterocycles. The summed E-state index contributed by atoms with van der Waals surface area (Å²) in [5, 5.41) is 12.0. The Morgan fingerprint density at radius 2 is 0.539 bits per heavy atom. The fraction of sp³-hybridized carbons (Fsp3) is 0.0294. The molecule has 18 bridgehead atoms. The van der Waals surface area contributed by atoms with Gasteiger partial charge in [0.15, 0.2) is 0 Å².